The third-order valence-corrected chi connectivity index (χ3v) is 3.29. The molecule has 2 aromatic rings. The molecule has 1 atom stereocenters. The first-order valence-electron chi connectivity index (χ1n) is 7.01. The van der Waals surface area contributed by atoms with Crippen LogP contribution < -0.4 is 15.4 Å². The fourth-order valence-electron chi connectivity index (χ4n) is 2.31. The summed E-state index contributed by atoms with van der Waals surface area (Å²) in [5.41, 5.74) is 1.18. The van der Waals surface area contributed by atoms with E-state index in [9.17, 15) is 4.39 Å². The third kappa shape index (κ3) is 3.04. The minimum absolute atomic E-state index is 0.0145. The highest BCUT2D eigenvalue weighted by atomic mass is 19.1. The molecule has 2 heterocycles. The van der Waals surface area contributed by atoms with E-state index in [-0.39, 0.29) is 11.9 Å². The fraction of sp³-hybridized carbons (Fsp3) is 0.333. The van der Waals surface area contributed by atoms with E-state index >= 15 is 0 Å². The number of benzene rings is 1. The van der Waals surface area contributed by atoms with Crippen LogP contribution in [0.25, 0.3) is 0 Å². The lowest BCUT2D eigenvalue weighted by molar-refractivity contribution is 0.246. The van der Waals surface area contributed by atoms with Crippen molar-refractivity contribution in [3.8, 4) is 5.75 Å². The second kappa shape index (κ2) is 5.95. The Balaban J connectivity index is 1.62. The molecule has 0 aliphatic carbocycles. The molecule has 0 saturated heterocycles. The van der Waals surface area contributed by atoms with Gasteiger partial charge in [0.2, 0.25) is 5.95 Å². The molecule has 0 fully saturated rings. The highest BCUT2D eigenvalue weighted by Gasteiger charge is 2.22. The van der Waals surface area contributed by atoms with Crippen LogP contribution in [0.5, 0.6) is 5.75 Å². The first-order chi connectivity index (χ1) is 10.3. The average Bonchev–Trinajstić information content (AvgIpc) is 2.91. The Labute approximate surface area is 122 Å². The summed E-state index contributed by atoms with van der Waals surface area (Å²) in [6.45, 7) is 3.11. The van der Waals surface area contributed by atoms with Crippen LogP contribution in [-0.4, -0.2) is 29.2 Å². The van der Waals surface area contributed by atoms with Gasteiger partial charge in [0, 0.05) is 13.0 Å². The van der Waals surface area contributed by atoms with E-state index in [0.29, 0.717) is 19.0 Å². The number of rotatable bonds is 5. The highest BCUT2D eigenvalue weighted by Crippen LogP contribution is 2.28. The average molecular weight is 288 g/mol. The Hall–Kier alpha value is -2.37. The number of anilines is 2. The van der Waals surface area contributed by atoms with Gasteiger partial charge in [0.05, 0.1) is 12.7 Å². The van der Waals surface area contributed by atoms with E-state index < -0.39 is 5.82 Å². The summed E-state index contributed by atoms with van der Waals surface area (Å²) in [5.74, 6) is 1.05. The van der Waals surface area contributed by atoms with Crippen LogP contribution in [0.4, 0.5) is 16.2 Å². The van der Waals surface area contributed by atoms with Gasteiger partial charge in [-0.25, -0.2) is 9.37 Å². The van der Waals surface area contributed by atoms with Gasteiger partial charge in [0.15, 0.2) is 11.6 Å². The number of aromatic nitrogens is 2. The number of hydrogen-bond donors (Lipinski definition) is 2. The first-order valence-corrected chi connectivity index (χ1v) is 7.01. The molecule has 1 aromatic heterocycles. The number of fused-ring (bicyclic) bond motifs is 1. The molecule has 6 heteroatoms. The predicted octanol–water partition coefficient (Wildman–Crippen LogP) is 2.46. The van der Waals surface area contributed by atoms with Gasteiger partial charge in [0.25, 0.3) is 0 Å². The maximum atomic E-state index is 13.7. The molecule has 1 unspecified atom stereocenters. The van der Waals surface area contributed by atoms with Crippen LogP contribution >= 0.6 is 0 Å². The molecule has 0 radical (unpaired) electrons. The smallest absolute Gasteiger partial charge is 0.224 e. The molecule has 1 aliphatic heterocycles. The van der Waals surface area contributed by atoms with Crippen molar-refractivity contribution in [3.05, 3.63) is 41.8 Å². The van der Waals surface area contributed by atoms with Crippen molar-refractivity contribution in [1.82, 2.24) is 9.97 Å². The van der Waals surface area contributed by atoms with Crippen LogP contribution in [0.15, 0.2) is 30.5 Å². The molecular formula is C15H17FN4O. The van der Waals surface area contributed by atoms with Gasteiger partial charge in [-0.2, -0.15) is 4.98 Å². The summed E-state index contributed by atoms with van der Waals surface area (Å²) in [5, 5.41) is 5.95. The molecule has 110 valence electrons. The molecule has 21 heavy (non-hydrogen) atoms. The van der Waals surface area contributed by atoms with Crippen molar-refractivity contribution in [2.75, 3.05) is 23.7 Å². The van der Waals surface area contributed by atoms with E-state index in [4.69, 9.17) is 4.74 Å². The molecule has 0 amide bonds. The summed E-state index contributed by atoms with van der Waals surface area (Å²) in [4.78, 5) is 7.98. The molecule has 1 aliphatic rings. The van der Waals surface area contributed by atoms with Crippen molar-refractivity contribution in [1.29, 1.82) is 0 Å². The molecule has 5 nitrogen and oxygen atoms in total. The Kier molecular flexibility index (Phi) is 3.85. The highest BCUT2D eigenvalue weighted by molar-refractivity contribution is 5.42. The van der Waals surface area contributed by atoms with Crippen molar-refractivity contribution >= 4 is 11.8 Å². The van der Waals surface area contributed by atoms with E-state index in [0.717, 1.165) is 18.4 Å². The lowest BCUT2D eigenvalue weighted by atomic mass is 10.1. The lowest BCUT2D eigenvalue weighted by Gasteiger charge is -2.13. The van der Waals surface area contributed by atoms with Gasteiger partial charge < -0.3 is 15.4 Å². The number of para-hydroxylation sites is 1. The second-order valence-corrected chi connectivity index (χ2v) is 4.85. The fourth-order valence-corrected chi connectivity index (χ4v) is 2.31. The Morgan fingerprint density at radius 3 is 3.00 bits per heavy atom. The maximum Gasteiger partial charge on any atom is 0.224 e. The van der Waals surface area contributed by atoms with Crippen molar-refractivity contribution in [3.63, 3.8) is 0 Å². The monoisotopic (exact) mass is 288 g/mol. The number of halogens is 1. The molecule has 3 rings (SSSR count). The number of nitrogens with one attached hydrogen (secondary N) is 2. The van der Waals surface area contributed by atoms with E-state index in [2.05, 4.69) is 20.6 Å². The van der Waals surface area contributed by atoms with Crippen LogP contribution in [0, 0.1) is 5.82 Å². The largest absolute Gasteiger partial charge is 0.488 e. The zero-order valence-corrected chi connectivity index (χ0v) is 11.8. The van der Waals surface area contributed by atoms with E-state index in [1.165, 1.54) is 5.56 Å². The van der Waals surface area contributed by atoms with Gasteiger partial charge in [0.1, 0.15) is 11.9 Å². The number of nitrogens with zero attached hydrogens (tertiary/aromatic N) is 2. The summed E-state index contributed by atoms with van der Waals surface area (Å²) in [6.07, 6.45) is 1.97. The third-order valence-electron chi connectivity index (χ3n) is 3.29. The maximum absolute atomic E-state index is 13.7. The Morgan fingerprint density at radius 2 is 2.19 bits per heavy atom. The van der Waals surface area contributed by atoms with E-state index in [1.807, 2.05) is 31.2 Å². The van der Waals surface area contributed by atoms with Crippen LogP contribution in [0.3, 0.4) is 0 Å². The SMILES string of the molecule is CCNc1ncc(F)c(NCC2Cc3ccccc3O2)n1. The van der Waals surface area contributed by atoms with Crippen LogP contribution in [-0.2, 0) is 6.42 Å². The molecule has 0 saturated carbocycles. The Morgan fingerprint density at radius 1 is 1.33 bits per heavy atom. The topological polar surface area (TPSA) is 59.1 Å². The number of hydrogen-bond acceptors (Lipinski definition) is 5. The van der Waals surface area contributed by atoms with Gasteiger partial charge in [-0.15, -0.1) is 0 Å². The van der Waals surface area contributed by atoms with Gasteiger partial charge >= 0.3 is 0 Å². The van der Waals surface area contributed by atoms with Crippen molar-refractivity contribution in [2.24, 2.45) is 0 Å². The van der Waals surface area contributed by atoms with E-state index in [1.54, 1.807) is 0 Å². The number of ether oxygens (including phenoxy) is 1. The van der Waals surface area contributed by atoms with Gasteiger partial charge in [-0.05, 0) is 18.6 Å². The standard InChI is InChI=1S/C15H17FN4O/c1-2-17-15-19-9-12(16)14(20-15)18-8-11-7-10-5-3-4-6-13(10)21-11/h3-6,9,11H,2,7-8H2,1H3,(H2,17,18,19,20). The molecular weight excluding hydrogens is 271 g/mol. The Bertz CT molecular complexity index is 610. The zero-order chi connectivity index (χ0) is 14.7. The molecule has 0 bridgehead atoms. The quantitative estimate of drug-likeness (QED) is 0.885. The van der Waals surface area contributed by atoms with Crippen LogP contribution in [0.1, 0.15) is 12.5 Å². The minimum Gasteiger partial charge on any atom is -0.488 e. The molecule has 0 spiro atoms. The molecule has 1 aromatic carbocycles. The molecule has 2 N–H and O–H groups in total. The lowest BCUT2D eigenvalue weighted by Crippen LogP contribution is -2.25. The summed E-state index contributed by atoms with van der Waals surface area (Å²) in [6, 6.07) is 7.93. The predicted molar refractivity (Wildman–Crippen MR) is 79.2 cm³/mol. The van der Waals surface area contributed by atoms with Crippen LogP contribution in [0.2, 0.25) is 0 Å². The summed E-state index contributed by atoms with van der Waals surface area (Å²) in [7, 11) is 0. The first kappa shape index (κ1) is 13.6. The van der Waals surface area contributed by atoms with Crippen molar-refractivity contribution < 1.29 is 9.13 Å². The second-order valence-electron chi connectivity index (χ2n) is 4.85. The zero-order valence-electron chi connectivity index (χ0n) is 11.8. The summed E-state index contributed by atoms with van der Waals surface area (Å²) >= 11 is 0. The van der Waals surface area contributed by atoms with Crippen molar-refractivity contribution in [2.45, 2.75) is 19.4 Å². The summed E-state index contributed by atoms with van der Waals surface area (Å²) < 4.78 is 19.5. The minimum atomic E-state index is -0.466. The van der Waals surface area contributed by atoms with Gasteiger partial charge in [-0.3, -0.25) is 0 Å². The normalized spacial score (nSPS) is 16.2. The van der Waals surface area contributed by atoms with Gasteiger partial charge in [-0.1, -0.05) is 18.2 Å².